The predicted octanol–water partition coefficient (Wildman–Crippen LogP) is 2.82. The van der Waals surface area contributed by atoms with Gasteiger partial charge in [-0.3, -0.25) is 4.99 Å². The van der Waals surface area contributed by atoms with Crippen molar-refractivity contribution in [3.05, 3.63) is 59.2 Å². The van der Waals surface area contributed by atoms with Crippen molar-refractivity contribution in [3.8, 4) is 0 Å². The van der Waals surface area contributed by atoms with Gasteiger partial charge in [0.05, 0.1) is 11.4 Å². The second-order valence-electron chi connectivity index (χ2n) is 6.26. The van der Waals surface area contributed by atoms with Crippen LogP contribution in [0.5, 0.6) is 0 Å². The lowest BCUT2D eigenvalue weighted by molar-refractivity contribution is 0.582. The molecule has 4 N–H and O–H groups in total. The van der Waals surface area contributed by atoms with Gasteiger partial charge in [0.25, 0.3) is 0 Å². The monoisotopic (exact) mass is 388 g/mol. The van der Waals surface area contributed by atoms with Gasteiger partial charge in [-0.05, 0) is 43.0 Å². The van der Waals surface area contributed by atoms with Crippen LogP contribution in [-0.4, -0.2) is 27.5 Å². The molecule has 0 unspecified atom stereocenters. The molecule has 2 aromatic rings. The van der Waals surface area contributed by atoms with Crippen molar-refractivity contribution in [2.75, 3.05) is 18.4 Å². The Morgan fingerprint density at radius 1 is 1.04 bits per heavy atom. The van der Waals surface area contributed by atoms with Crippen LogP contribution in [0.2, 0.25) is 0 Å². The van der Waals surface area contributed by atoms with Gasteiger partial charge in [0.1, 0.15) is 0 Å². The molecule has 0 radical (unpaired) electrons. The molecule has 27 heavy (non-hydrogen) atoms. The molecule has 2 rings (SSSR count). The number of hydrogen-bond acceptors (Lipinski definition) is 3. The number of benzene rings is 2. The lowest BCUT2D eigenvalue weighted by Gasteiger charge is -2.14. The van der Waals surface area contributed by atoms with E-state index in [4.69, 9.17) is 5.73 Å². The largest absolute Gasteiger partial charge is 0.370 e. The second kappa shape index (κ2) is 9.53. The van der Waals surface area contributed by atoms with Crippen LogP contribution in [0.15, 0.2) is 52.4 Å². The second-order valence-corrected chi connectivity index (χ2v) is 8.03. The van der Waals surface area contributed by atoms with E-state index in [9.17, 15) is 8.42 Å². The molecule has 0 spiro atoms. The van der Waals surface area contributed by atoms with E-state index in [1.165, 1.54) is 11.1 Å². The first-order chi connectivity index (χ1) is 12.9. The Balaban J connectivity index is 1.96. The fourth-order valence-electron chi connectivity index (χ4n) is 2.73. The van der Waals surface area contributed by atoms with Crippen molar-refractivity contribution in [3.63, 3.8) is 0 Å². The van der Waals surface area contributed by atoms with Crippen LogP contribution in [0.25, 0.3) is 0 Å². The molecule has 0 saturated heterocycles. The third-order valence-corrected chi connectivity index (χ3v) is 5.75. The first-order valence-corrected chi connectivity index (χ1v) is 10.6. The van der Waals surface area contributed by atoms with E-state index in [0.717, 1.165) is 24.1 Å². The van der Waals surface area contributed by atoms with Crippen molar-refractivity contribution in [2.45, 2.75) is 38.5 Å². The standard InChI is InChI=1S/C20H28N4O2S/c1-4-16-7-6-8-17(5-2)19(16)24-20(21)22-13-14-23-27(25,26)18-11-9-15(3)10-12-18/h6-12,23H,4-5,13-14H2,1-3H3,(H3,21,22,24). The van der Waals surface area contributed by atoms with Crippen LogP contribution < -0.4 is 15.8 Å². The number of hydrogen-bond donors (Lipinski definition) is 3. The van der Waals surface area contributed by atoms with E-state index in [1.807, 2.05) is 13.0 Å². The minimum Gasteiger partial charge on any atom is -0.370 e. The topological polar surface area (TPSA) is 96.6 Å². The van der Waals surface area contributed by atoms with E-state index in [0.29, 0.717) is 0 Å². The Hall–Kier alpha value is -2.38. The van der Waals surface area contributed by atoms with Crippen LogP contribution in [0.4, 0.5) is 5.69 Å². The summed E-state index contributed by atoms with van der Waals surface area (Å²) >= 11 is 0. The van der Waals surface area contributed by atoms with Gasteiger partial charge >= 0.3 is 0 Å². The molecule has 0 fully saturated rings. The molecular weight excluding hydrogens is 360 g/mol. The van der Waals surface area contributed by atoms with E-state index in [-0.39, 0.29) is 23.9 Å². The molecule has 0 atom stereocenters. The predicted molar refractivity (Wildman–Crippen MR) is 112 cm³/mol. The van der Waals surface area contributed by atoms with Crippen LogP contribution in [0.3, 0.4) is 0 Å². The zero-order chi connectivity index (χ0) is 19.9. The fraction of sp³-hybridized carbons (Fsp3) is 0.350. The highest BCUT2D eigenvalue weighted by molar-refractivity contribution is 7.89. The molecule has 6 nitrogen and oxygen atoms in total. The average Bonchev–Trinajstić information content (AvgIpc) is 2.65. The van der Waals surface area contributed by atoms with Crippen LogP contribution >= 0.6 is 0 Å². The summed E-state index contributed by atoms with van der Waals surface area (Å²) in [5.74, 6) is 0.278. The molecule has 0 amide bonds. The van der Waals surface area contributed by atoms with Gasteiger partial charge in [-0.2, -0.15) is 0 Å². The van der Waals surface area contributed by atoms with E-state index in [2.05, 4.69) is 41.0 Å². The quantitative estimate of drug-likeness (QED) is 0.368. The van der Waals surface area contributed by atoms with E-state index >= 15 is 0 Å². The maximum absolute atomic E-state index is 12.2. The molecule has 0 aliphatic carbocycles. The van der Waals surface area contributed by atoms with Gasteiger partial charge in [-0.1, -0.05) is 49.7 Å². The van der Waals surface area contributed by atoms with Gasteiger partial charge in [0.2, 0.25) is 10.0 Å². The Morgan fingerprint density at radius 3 is 2.19 bits per heavy atom. The smallest absolute Gasteiger partial charge is 0.240 e. The number of guanidine groups is 1. The Kier molecular flexibility index (Phi) is 7.38. The van der Waals surface area contributed by atoms with Crippen molar-refractivity contribution < 1.29 is 8.42 Å². The highest BCUT2D eigenvalue weighted by atomic mass is 32.2. The molecule has 0 bridgehead atoms. The summed E-state index contributed by atoms with van der Waals surface area (Å²) in [6.07, 6.45) is 1.78. The summed E-state index contributed by atoms with van der Waals surface area (Å²) in [6.45, 7) is 6.52. The highest BCUT2D eigenvalue weighted by Gasteiger charge is 2.12. The number of nitrogens with two attached hydrogens (primary N) is 1. The Labute approximate surface area is 162 Å². The minimum atomic E-state index is -3.54. The summed E-state index contributed by atoms with van der Waals surface area (Å²) in [5.41, 5.74) is 10.3. The Morgan fingerprint density at radius 2 is 1.63 bits per heavy atom. The number of aryl methyl sites for hydroxylation is 3. The van der Waals surface area contributed by atoms with Gasteiger partial charge in [0, 0.05) is 12.2 Å². The van der Waals surface area contributed by atoms with E-state index < -0.39 is 10.0 Å². The van der Waals surface area contributed by atoms with E-state index in [1.54, 1.807) is 24.3 Å². The van der Waals surface area contributed by atoms with Gasteiger partial charge < -0.3 is 11.1 Å². The lowest BCUT2D eigenvalue weighted by Crippen LogP contribution is -2.29. The molecule has 0 aliphatic rings. The molecule has 2 aromatic carbocycles. The van der Waals surface area contributed by atoms with Crippen molar-refractivity contribution in [2.24, 2.45) is 10.7 Å². The zero-order valence-electron chi connectivity index (χ0n) is 16.1. The average molecular weight is 389 g/mol. The number of nitrogens with zero attached hydrogens (tertiary/aromatic N) is 1. The van der Waals surface area contributed by atoms with Gasteiger partial charge in [-0.15, -0.1) is 0 Å². The van der Waals surface area contributed by atoms with Crippen LogP contribution in [0, 0.1) is 6.92 Å². The molecule has 0 saturated carbocycles. The zero-order valence-corrected chi connectivity index (χ0v) is 16.9. The van der Waals surface area contributed by atoms with Crippen molar-refractivity contribution in [1.29, 1.82) is 0 Å². The van der Waals surface area contributed by atoms with Gasteiger partial charge in [-0.25, -0.2) is 13.1 Å². The third-order valence-electron chi connectivity index (χ3n) is 4.27. The highest BCUT2D eigenvalue weighted by Crippen LogP contribution is 2.22. The summed E-state index contributed by atoms with van der Waals surface area (Å²) in [7, 11) is -3.54. The third kappa shape index (κ3) is 5.80. The fourth-order valence-corrected chi connectivity index (χ4v) is 3.75. The molecule has 0 aromatic heterocycles. The number of nitrogens with one attached hydrogen (secondary N) is 2. The van der Waals surface area contributed by atoms with Crippen LogP contribution in [0.1, 0.15) is 30.5 Å². The first kappa shape index (κ1) is 20.9. The maximum atomic E-state index is 12.2. The number of rotatable bonds is 8. The summed E-state index contributed by atoms with van der Waals surface area (Å²) in [4.78, 5) is 4.48. The van der Waals surface area contributed by atoms with Crippen molar-refractivity contribution >= 4 is 21.7 Å². The minimum absolute atomic E-state index is 0.175. The van der Waals surface area contributed by atoms with Gasteiger partial charge in [0.15, 0.2) is 5.96 Å². The summed E-state index contributed by atoms with van der Waals surface area (Å²) in [5, 5.41) is 3.17. The molecule has 0 heterocycles. The summed E-state index contributed by atoms with van der Waals surface area (Å²) in [6, 6.07) is 12.9. The first-order valence-electron chi connectivity index (χ1n) is 9.11. The van der Waals surface area contributed by atoms with Crippen molar-refractivity contribution in [1.82, 2.24) is 4.72 Å². The SMILES string of the molecule is CCc1cccc(CC)c1NC(N)=NCCNS(=O)(=O)c1ccc(C)cc1. The molecule has 7 heteroatoms. The normalized spacial score (nSPS) is 12.2. The number of para-hydroxylation sites is 1. The molecule has 0 aliphatic heterocycles. The molecular formula is C20H28N4O2S. The van der Waals surface area contributed by atoms with Crippen LogP contribution in [-0.2, 0) is 22.9 Å². The number of anilines is 1. The lowest BCUT2D eigenvalue weighted by atomic mass is 10.0. The molecule has 146 valence electrons. The summed E-state index contributed by atoms with van der Waals surface area (Å²) < 4.78 is 27.0. The Bertz CT molecular complexity index is 868. The number of sulfonamides is 1. The number of aliphatic imine (C=N–C) groups is 1. The maximum Gasteiger partial charge on any atom is 0.240 e.